The summed E-state index contributed by atoms with van der Waals surface area (Å²) in [6.45, 7) is 0. The van der Waals surface area contributed by atoms with Crippen molar-refractivity contribution in [2.75, 3.05) is 0 Å². The highest BCUT2D eigenvalue weighted by Crippen LogP contribution is 2.37. The highest BCUT2D eigenvalue weighted by molar-refractivity contribution is 6.41. The number of hydrogen-bond acceptors (Lipinski definition) is 2. The van der Waals surface area contributed by atoms with Gasteiger partial charge in [0.2, 0.25) is 0 Å². The minimum atomic E-state index is 0.622. The number of hydrogen-bond donors (Lipinski definition) is 0. The lowest BCUT2D eigenvalue weighted by Gasteiger charge is -2.11. The summed E-state index contributed by atoms with van der Waals surface area (Å²) in [5.74, 6) is 0. The molecular formula is C16H9Cl2N3. The molecule has 2 heterocycles. The average molecular weight is 314 g/mol. The van der Waals surface area contributed by atoms with Crippen molar-refractivity contribution in [3.8, 4) is 11.1 Å². The van der Waals surface area contributed by atoms with E-state index >= 15 is 0 Å². The minimum absolute atomic E-state index is 0.622. The molecule has 0 amide bonds. The fourth-order valence-electron chi connectivity index (χ4n) is 2.59. The van der Waals surface area contributed by atoms with Gasteiger partial charge in [-0.3, -0.25) is 4.40 Å². The summed E-state index contributed by atoms with van der Waals surface area (Å²) in [5.41, 5.74) is 3.63. The summed E-state index contributed by atoms with van der Waals surface area (Å²) in [4.78, 5) is 0. The second-order valence-electron chi connectivity index (χ2n) is 4.74. The zero-order valence-corrected chi connectivity index (χ0v) is 12.3. The summed E-state index contributed by atoms with van der Waals surface area (Å²) in [6, 6.07) is 15.6. The van der Waals surface area contributed by atoms with E-state index in [0.717, 1.165) is 27.7 Å². The van der Waals surface area contributed by atoms with Crippen LogP contribution in [0.1, 0.15) is 0 Å². The van der Waals surface area contributed by atoms with Crippen molar-refractivity contribution < 1.29 is 0 Å². The molecule has 0 aliphatic rings. The first-order valence-corrected chi connectivity index (χ1v) is 7.17. The Labute approximate surface area is 130 Å². The van der Waals surface area contributed by atoms with Crippen molar-refractivity contribution in [1.82, 2.24) is 14.6 Å². The molecule has 0 atom stereocenters. The van der Waals surface area contributed by atoms with Crippen LogP contribution >= 0.6 is 23.2 Å². The first kappa shape index (κ1) is 12.6. The van der Waals surface area contributed by atoms with Gasteiger partial charge in [0.25, 0.3) is 0 Å². The third-order valence-corrected chi connectivity index (χ3v) is 4.14. The average Bonchev–Trinajstić information content (AvgIpc) is 2.99. The maximum atomic E-state index is 6.44. The Balaban J connectivity index is 2.26. The van der Waals surface area contributed by atoms with Gasteiger partial charge in [-0.25, -0.2) is 0 Å². The molecule has 0 radical (unpaired) electrons. The van der Waals surface area contributed by atoms with Crippen LogP contribution in [0, 0.1) is 0 Å². The van der Waals surface area contributed by atoms with Gasteiger partial charge in [-0.2, -0.15) is 0 Å². The molecule has 4 aromatic rings. The van der Waals surface area contributed by atoms with Crippen LogP contribution in [0.5, 0.6) is 0 Å². The van der Waals surface area contributed by atoms with Crippen LogP contribution in [0.4, 0.5) is 0 Å². The van der Waals surface area contributed by atoms with Crippen molar-refractivity contribution in [3.63, 3.8) is 0 Å². The minimum Gasteiger partial charge on any atom is -0.280 e. The topological polar surface area (TPSA) is 30.2 Å². The maximum Gasteiger partial charge on any atom is 0.161 e. The lowest BCUT2D eigenvalue weighted by atomic mass is 10.0. The smallest absolute Gasteiger partial charge is 0.161 e. The Morgan fingerprint density at radius 1 is 0.905 bits per heavy atom. The summed E-state index contributed by atoms with van der Waals surface area (Å²) in [7, 11) is 0. The maximum absolute atomic E-state index is 6.44. The Kier molecular flexibility index (Phi) is 2.84. The molecular weight excluding hydrogens is 305 g/mol. The number of halogens is 2. The van der Waals surface area contributed by atoms with Crippen LogP contribution in [0.15, 0.2) is 54.9 Å². The second kappa shape index (κ2) is 4.72. The Hall–Kier alpha value is -2.10. The molecule has 2 aromatic carbocycles. The zero-order valence-electron chi connectivity index (χ0n) is 10.8. The molecule has 0 unspecified atom stereocenters. The van der Waals surface area contributed by atoms with Crippen LogP contribution in [0.25, 0.3) is 27.7 Å². The lowest BCUT2D eigenvalue weighted by molar-refractivity contribution is 1.11. The highest BCUT2D eigenvalue weighted by Gasteiger charge is 2.14. The molecule has 2 aromatic heterocycles. The van der Waals surface area contributed by atoms with Gasteiger partial charge < -0.3 is 0 Å². The van der Waals surface area contributed by atoms with Crippen molar-refractivity contribution in [2.24, 2.45) is 0 Å². The second-order valence-corrected chi connectivity index (χ2v) is 5.55. The number of nitrogens with zero attached hydrogens (tertiary/aromatic N) is 3. The summed E-state index contributed by atoms with van der Waals surface area (Å²) in [6.07, 6.45) is 1.65. The van der Waals surface area contributed by atoms with Crippen LogP contribution in [0.2, 0.25) is 10.0 Å². The molecule has 102 valence electrons. The third kappa shape index (κ3) is 1.89. The molecule has 0 N–H and O–H groups in total. The first-order valence-electron chi connectivity index (χ1n) is 6.41. The van der Waals surface area contributed by atoms with Gasteiger partial charge in [0.1, 0.15) is 6.33 Å². The van der Waals surface area contributed by atoms with Gasteiger partial charge in [-0.05, 0) is 29.3 Å². The Bertz CT molecular complexity index is 962. The molecule has 0 saturated heterocycles. The van der Waals surface area contributed by atoms with Crippen molar-refractivity contribution in [1.29, 1.82) is 0 Å². The van der Waals surface area contributed by atoms with Gasteiger partial charge in [-0.1, -0.05) is 53.5 Å². The molecule has 0 saturated carbocycles. The largest absolute Gasteiger partial charge is 0.280 e. The molecule has 21 heavy (non-hydrogen) atoms. The highest BCUT2D eigenvalue weighted by atomic mass is 35.5. The lowest BCUT2D eigenvalue weighted by Crippen LogP contribution is -1.92. The molecule has 4 rings (SSSR count). The van der Waals surface area contributed by atoms with E-state index in [1.807, 2.05) is 46.9 Å². The fourth-order valence-corrected chi connectivity index (χ4v) is 3.10. The van der Waals surface area contributed by atoms with Crippen LogP contribution < -0.4 is 0 Å². The van der Waals surface area contributed by atoms with Crippen molar-refractivity contribution in [3.05, 3.63) is 64.9 Å². The number of aromatic nitrogens is 3. The van der Waals surface area contributed by atoms with Crippen molar-refractivity contribution >= 4 is 39.8 Å². The molecule has 0 aliphatic carbocycles. The number of pyridine rings is 1. The standard InChI is InChI=1S/C16H9Cl2N3/c17-12-6-7-13(18)16-15(12)11(10-4-2-1-3-5-10)8-14-20-19-9-21(14)16/h1-9H. The third-order valence-electron chi connectivity index (χ3n) is 3.52. The summed E-state index contributed by atoms with van der Waals surface area (Å²) in [5, 5.41) is 10.3. The zero-order chi connectivity index (χ0) is 14.4. The molecule has 0 bridgehead atoms. The Morgan fingerprint density at radius 3 is 2.48 bits per heavy atom. The quantitative estimate of drug-likeness (QED) is 0.502. The van der Waals surface area contributed by atoms with E-state index in [1.165, 1.54) is 0 Å². The van der Waals surface area contributed by atoms with E-state index in [-0.39, 0.29) is 0 Å². The van der Waals surface area contributed by atoms with E-state index in [1.54, 1.807) is 12.4 Å². The Morgan fingerprint density at radius 2 is 1.67 bits per heavy atom. The number of benzene rings is 2. The van der Waals surface area contributed by atoms with Gasteiger partial charge in [-0.15, -0.1) is 10.2 Å². The monoisotopic (exact) mass is 313 g/mol. The van der Waals surface area contributed by atoms with E-state index in [4.69, 9.17) is 23.2 Å². The molecule has 3 nitrogen and oxygen atoms in total. The van der Waals surface area contributed by atoms with Gasteiger partial charge in [0.05, 0.1) is 15.6 Å². The van der Waals surface area contributed by atoms with E-state index in [0.29, 0.717) is 10.0 Å². The van der Waals surface area contributed by atoms with E-state index in [9.17, 15) is 0 Å². The van der Waals surface area contributed by atoms with Gasteiger partial charge in [0, 0.05) is 5.39 Å². The summed E-state index contributed by atoms with van der Waals surface area (Å²) >= 11 is 12.8. The van der Waals surface area contributed by atoms with Crippen molar-refractivity contribution in [2.45, 2.75) is 0 Å². The molecule has 0 aliphatic heterocycles. The first-order chi connectivity index (χ1) is 10.3. The SMILES string of the molecule is Clc1ccc(Cl)c2c1c(-c1ccccc1)cc1nncn12. The summed E-state index contributed by atoms with van der Waals surface area (Å²) < 4.78 is 1.86. The number of rotatable bonds is 1. The predicted molar refractivity (Wildman–Crippen MR) is 85.9 cm³/mol. The number of fused-ring (bicyclic) bond motifs is 3. The van der Waals surface area contributed by atoms with Crippen LogP contribution in [-0.4, -0.2) is 14.6 Å². The predicted octanol–water partition coefficient (Wildman–Crippen LogP) is 4.86. The van der Waals surface area contributed by atoms with E-state index < -0.39 is 0 Å². The van der Waals surface area contributed by atoms with Gasteiger partial charge in [0.15, 0.2) is 5.65 Å². The van der Waals surface area contributed by atoms with Crippen LogP contribution in [0.3, 0.4) is 0 Å². The molecule has 5 heteroatoms. The van der Waals surface area contributed by atoms with E-state index in [2.05, 4.69) is 10.2 Å². The normalized spacial score (nSPS) is 11.3. The molecule has 0 fully saturated rings. The fraction of sp³-hybridized carbons (Fsp3) is 0. The molecule has 0 spiro atoms. The van der Waals surface area contributed by atoms with Gasteiger partial charge >= 0.3 is 0 Å². The van der Waals surface area contributed by atoms with Crippen LogP contribution in [-0.2, 0) is 0 Å².